The second-order valence-electron chi connectivity index (χ2n) is 3.43. The number of hydrogen-bond donors (Lipinski definition) is 1. The Labute approximate surface area is 85.6 Å². The molecule has 0 unspecified atom stereocenters. The zero-order chi connectivity index (χ0) is 11.1. The topological polar surface area (TPSA) is 37.3 Å². The minimum absolute atomic E-state index is 0.278. The van der Waals surface area contributed by atoms with Crippen LogP contribution in [0, 0.1) is 0 Å². The predicted molar refractivity (Wildman–Crippen MR) is 59.2 cm³/mol. The Morgan fingerprint density at radius 3 is 2.29 bits per heavy atom. The van der Waals surface area contributed by atoms with Crippen molar-refractivity contribution < 1.29 is 9.90 Å². The van der Waals surface area contributed by atoms with Crippen LogP contribution in [0.4, 0.5) is 0 Å². The van der Waals surface area contributed by atoms with E-state index in [1.807, 2.05) is 13.0 Å². The monoisotopic (exact) mass is 194 g/mol. The van der Waals surface area contributed by atoms with E-state index < -0.39 is 5.97 Å². The van der Waals surface area contributed by atoms with Gasteiger partial charge in [-0.25, -0.2) is 4.79 Å². The lowest BCUT2D eigenvalue weighted by atomic mass is 10.1. The van der Waals surface area contributed by atoms with Gasteiger partial charge in [0.1, 0.15) is 0 Å². The maximum Gasteiger partial charge on any atom is 0.335 e. The van der Waals surface area contributed by atoms with Crippen LogP contribution in [0.15, 0.2) is 35.5 Å². The van der Waals surface area contributed by atoms with Crippen LogP contribution < -0.4 is 0 Å². The summed E-state index contributed by atoms with van der Waals surface area (Å²) in [6.45, 7) is 9.41. The van der Waals surface area contributed by atoms with Crippen LogP contribution in [-0.4, -0.2) is 11.1 Å². The number of carboxylic acids is 1. The molecule has 0 saturated heterocycles. The first-order chi connectivity index (χ1) is 6.49. The normalized spacial score (nSPS) is 12.8. The lowest BCUT2D eigenvalue weighted by Crippen LogP contribution is -2.00. The Bertz CT molecular complexity index is 267. The molecule has 14 heavy (non-hydrogen) atoms. The molecule has 0 atom stereocenters. The Balaban J connectivity index is 4.68. The van der Waals surface area contributed by atoms with Crippen LogP contribution in [0.2, 0.25) is 0 Å². The van der Waals surface area contributed by atoms with Gasteiger partial charge in [0.25, 0.3) is 0 Å². The van der Waals surface area contributed by atoms with Gasteiger partial charge in [-0.2, -0.15) is 0 Å². The Kier molecular flexibility index (Phi) is 5.61. The summed E-state index contributed by atoms with van der Waals surface area (Å²) in [6.07, 6.45) is 5.54. The fourth-order valence-electron chi connectivity index (χ4n) is 1.10. The second-order valence-corrected chi connectivity index (χ2v) is 3.43. The third-order valence-electron chi connectivity index (χ3n) is 1.87. The average Bonchev–Trinajstić information content (AvgIpc) is 2.03. The molecule has 0 aromatic rings. The van der Waals surface area contributed by atoms with Crippen LogP contribution >= 0.6 is 0 Å². The predicted octanol–water partition coefficient (Wildman–Crippen LogP) is 3.32. The molecule has 0 fully saturated rings. The summed E-state index contributed by atoms with van der Waals surface area (Å²) in [5.74, 6) is -0.918. The average molecular weight is 194 g/mol. The summed E-state index contributed by atoms with van der Waals surface area (Å²) in [5, 5.41) is 8.83. The summed E-state index contributed by atoms with van der Waals surface area (Å²) in [7, 11) is 0. The molecular formula is C12H18O2. The van der Waals surface area contributed by atoms with E-state index in [0.29, 0.717) is 5.57 Å². The van der Waals surface area contributed by atoms with Crippen LogP contribution in [0.25, 0.3) is 0 Å². The number of aliphatic carboxylic acids is 1. The first-order valence-corrected chi connectivity index (χ1v) is 4.75. The molecule has 2 nitrogen and oxygen atoms in total. The van der Waals surface area contributed by atoms with Gasteiger partial charge in [-0.1, -0.05) is 31.6 Å². The summed E-state index contributed by atoms with van der Waals surface area (Å²) >= 11 is 0. The van der Waals surface area contributed by atoms with Crippen molar-refractivity contribution in [1.29, 1.82) is 0 Å². The molecule has 0 rings (SSSR count). The van der Waals surface area contributed by atoms with Gasteiger partial charge in [0.15, 0.2) is 0 Å². The molecule has 0 aliphatic carbocycles. The molecule has 0 radical (unpaired) electrons. The fourth-order valence-corrected chi connectivity index (χ4v) is 1.10. The van der Waals surface area contributed by atoms with Gasteiger partial charge in [0.05, 0.1) is 5.57 Å². The molecule has 0 bridgehead atoms. The summed E-state index contributed by atoms with van der Waals surface area (Å²) < 4.78 is 0. The van der Waals surface area contributed by atoms with Crippen molar-refractivity contribution in [3.05, 3.63) is 35.5 Å². The molecule has 0 amide bonds. The SMILES string of the molecule is C=C(C)/C(=C\C=C(\C)CCC)C(=O)O. The van der Waals surface area contributed by atoms with Gasteiger partial charge < -0.3 is 5.11 Å². The van der Waals surface area contributed by atoms with Gasteiger partial charge in [0, 0.05) is 0 Å². The highest BCUT2D eigenvalue weighted by Crippen LogP contribution is 2.09. The number of hydrogen-bond acceptors (Lipinski definition) is 1. The molecule has 1 N–H and O–H groups in total. The largest absolute Gasteiger partial charge is 0.478 e. The molecule has 0 heterocycles. The summed E-state index contributed by atoms with van der Waals surface area (Å²) in [6, 6.07) is 0. The summed E-state index contributed by atoms with van der Waals surface area (Å²) in [4.78, 5) is 10.8. The van der Waals surface area contributed by atoms with Crippen molar-refractivity contribution in [2.45, 2.75) is 33.6 Å². The van der Waals surface area contributed by atoms with E-state index in [4.69, 9.17) is 5.11 Å². The van der Waals surface area contributed by atoms with Crippen molar-refractivity contribution >= 4 is 5.97 Å². The van der Waals surface area contributed by atoms with Crippen LogP contribution in [0.1, 0.15) is 33.6 Å². The van der Waals surface area contributed by atoms with Crippen molar-refractivity contribution in [3.8, 4) is 0 Å². The van der Waals surface area contributed by atoms with E-state index in [1.165, 1.54) is 5.57 Å². The van der Waals surface area contributed by atoms with Crippen LogP contribution in [0.5, 0.6) is 0 Å². The highest BCUT2D eigenvalue weighted by atomic mass is 16.4. The van der Waals surface area contributed by atoms with E-state index in [9.17, 15) is 4.79 Å². The number of allylic oxidation sites excluding steroid dienone is 3. The van der Waals surface area contributed by atoms with Crippen molar-refractivity contribution in [2.75, 3.05) is 0 Å². The zero-order valence-electron chi connectivity index (χ0n) is 9.13. The highest BCUT2D eigenvalue weighted by Gasteiger charge is 2.05. The molecule has 0 aliphatic rings. The van der Waals surface area contributed by atoms with E-state index in [0.717, 1.165) is 12.8 Å². The number of rotatable bonds is 5. The van der Waals surface area contributed by atoms with E-state index in [-0.39, 0.29) is 5.57 Å². The van der Waals surface area contributed by atoms with Crippen LogP contribution in [0.3, 0.4) is 0 Å². The van der Waals surface area contributed by atoms with Crippen molar-refractivity contribution in [2.24, 2.45) is 0 Å². The van der Waals surface area contributed by atoms with E-state index in [1.54, 1.807) is 13.0 Å². The Morgan fingerprint density at radius 1 is 1.36 bits per heavy atom. The summed E-state index contributed by atoms with van der Waals surface area (Å²) in [5.41, 5.74) is 2.05. The molecule has 0 saturated carbocycles. The van der Waals surface area contributed by atoms with Gasteiger partial charge in [-0.3, -0.25) is 0 Å². The van der Waals surface area contributed by atoms with Gasteiger partial charge in [-0.15, -0.1) is 0 Å². The van der Waals surface area contributed by atoms with E-state index >= 15 is 0 Å². The smallest absolute Gasteiger partial charge is 0.335 e. The molecule has 0 aliphatic heterocycles. The van der Waals surface area contributed by atoms with Gasteiger partial charge in [-0.05, 0) is 31.9 Å². The van der Waals surface area contributed by atoms with Crippen LogP contribution in [-0.2, 0) is 4.79 Å². The molecule has 0 aromatic heterocycles. The maximum absolute atomic E-state index is 10.8. The number of carbonyl (C=O) groups is 1. The van der Waals surface area contributed by atoms with Crippen molar-refractivity contribution in [1.82, 2.24) is 0 Å². The highest BCUT2D eigenvalue weighted by molar-refractivity contribution is 5.91. The minimum atomic E-state index is -0.918. The lowest BCUT2D eigenvalue weighted by Gasteiger charge is -1.99. The van der Waals surface area contributed by atoms with Gasteiger partial charge in [0.2, 0.25) is 0 Å². The maximum atomic E-state index is 10.8. The molecular weight excluding hydrogens is 176 g/mol. The molecule has 2 heteroatoms. The first kappa shape index (κ1) is 12.7. The lowest BCUT2D eigenvalue weighted by molar-refractivity contribution is -0.132. The van der Waals surface area contributed by atoms with E-state index in [2.05, 4.69) is 13.5 Å². The van der Waals surface area contributed by atoms with Gasteiger partial charge >= 0.3 is 5.97 Å². The second kappa shape index (κ2) is 6.19. The first-order valence-electron chi connectivity index (χ1n) is 4.75. The molecule has 0 aromatic carbocycles. The third kappa shape index (κ3) is 4.65. The number of carboxylic acid groups (broad SMARTS) is 1. The third-order valence-corrected chi connectivity index (χ3v) is 1.87. The quantitative estimate of drug-likeness (QED) is 0.538. The Hall–Kier alpha value is -1.31. The molecule has 78 valence electrons. The minimum Gasteiger partial charge on any atom is -0.478 e. The standard InChI is InChI=1S/C12H18O2/c1-5-6-10(4)7-8-11(9(2)3)12(13)14/h7-8H,2,5-6H2,1,3-4H3,(H,13,14)/b10-7-,11-8+. The Morgan fingerprint density at radius 2 is 1.93 bits per heavy atom. The zero-order valence-corrected chi connectivity index (χ0v) is 9.13. The molecule has 0 spiro atoms. The van der Waals surface area contributed by atoms with Crippen molar-refractivity contribution in [3.63, 3.8) is 0 Å². The fraction of sp³-hybridized carbons (Fsp3) is 0.417.